The van der Waals surface area contributed by atoms with Crippen LogP contribution in [0.2, 0.25) is 0 Å². The average Bonchev–Trinajstić information content (AvgIpc) is 3.67. The lowest BCUT2D eigenvalue weighted by Crippen LogP contribution is -2.13. The van der Waals surface area contributed by atoms with Crippen LogP contribution in [0.15, 0.2) is 139 Å². The number of phenols is 1. The van der Waals surface area contributed by atoms with Crippen LogP contribution in [0.1, 0.15) is 104 Å². The van der Waals surface area contributed by atoms with Gasteiger partial charge in [0, 0.05) is 27.0 Å². The Balaban J connectivity index is 1.46. The predicted octanol–water partition coefficient (Wildman–Crippen LogP) is 15.0. The first kappa shape index (κ1) is 29.9. The van der Waals surface area contributed by atoms with Crippen LogP contribution in [0.4, 0.5) is 0 Å². The fourth-order valence-corrected chi connectivity index (χ4v) is 7.56. The van der Waals surface area contributed by atoms with Gasteiger partial charge >= 0.3 is 0 Å². The molecule has 0 unspecified atom stereocenters. The van der Waals surface area contributed by atoms with E-state index in [-0.39, 0.29) is 27.8 Å². The minimum absolute atomic E-state index is 0.0377. The Bertz CT molecular complexity index is 3380. The minimum Gasteiger partial charge on any atom is -0.507 e. The Kier molecular flexibility index (Phi) is 7.51. The molecule has 2 aromatic heterocycles. The Hall–Kier alpha value is -6.26. The molecule has 1 N–H and O–H groups in total. The molecule has 2 heterocycles. The van der Waals surface area contributed by atoms with Crippen LogP contribution in [-0.4, -0.2) is 19.6 Å². The van der Waals surface area contributed by atoms with Gasteiger partial charge in [-0.2, -0.15) is 0 Å². The molecule has 0 amide bonds. The van der Waals surface area contributed by atoms with Crippen LogP contribution < -0.4 is 0 Å². The molecule has 0 fully saturated rings. The second-order valence-corrected chi connectivity index (χ2v) is 18.7. The van der Waals surface area contributed by atoms with Crippen molar-refractivity contribution in [1.29, 1.82) is 0 Å². The Morgan fingerprint density at radius 3 is 1.93 bits per heavy atom. The summed E-state index contributed by atoms with van der Waals surface area (Å²) in [4.78, 5) is 9.95. The number of pyridine rings is 1. The van der Waals surface area contributed by atoms with Gasteiger partial charge in [0.2, 0.25) is 0 Å². The van der Waals surface area contributed by atoms with Crippen LogP contribution >= 0.6 is 0 Å². The van der Waals surface area contributed by atoms with Crippen LogP contribution in [-0.2, 0) is 16.2 Å². The lowest BCUT2D eigenvalue weighted by Gasteiger charge is -2.24. The number of hydrogen-bond donors (Lipinski definition) is 1. The van der Waals surface area contributed by atoms with Gasteiger partial charge in [-0.05, 0) is 123 Å². The molecular weight excluding hydrogens is 731 g/mol. The Morgan fingerprint density at radius 1 is 0.583 bits per heavy atom. The standard InChI is InChI=1S/C56H57N3O/c1-35-20-22-37(23-21-35)39-26-27-57-48(32-39)41-29-40(30-44(31-41)56(9,10)11)45-18-15-19-50-51(45)58-53(47-34-43(55(6,7)8)28-36(2)52(47)60)59(50)49-25-24-42(54(3,4)5)33-46(49)38-16-13-12-14-17-38/h12-34,60H,1-11H3/i1D3,20D,21D,22D,23D,26D,27D,32D. The molecule has 0 saturated carbocycles. The zero-order valence-corrected chi connectivity index (χ0v) is 36.0. The van der Waals surface area contributed by atoms with E-state index in [4.69, 9.17) is 17.3 Å². The van der Waals surface area contributed by atoms with E-state index in [1.807, 2.05) is 94.4 Å². The molecule has 8 aromatic rings. The molecule has 302 valence electrons. The number of aryl methyl sites for hydroxylation is 1. The summed E-state index contributed by atoms with van der Waals surface area (Å²) in [7, 11) is 0. The molecule has 0 saturated heterocycles. The zero-order valence-electron chi connectivity index (χ0n) is 46.0. The van der Waals surface area contributed by atoms with E-state index < -0.39 is 65.8 Å². The van der Waals surface area contributed by atoms with Gasteiger partial charge in [-0.3, -0.25) is 9.55 Å². The van der Waals surface area contributed by atoms with Gasteiger partial charge in [0.25, 0.3) is 0 Å². The molecule has 60 heavy (non-hydrogen) atoms. The number of aromatic nitrogens is 3. The monoisotopic (exact) mass is 798 g/mol. The van der Waals surface area contributed by atoms with Gasteiger partial charge < -0.3 is 5.11 Å². The third kappa shape index (κ3) is 7.79. The summed E-state index contributed by atoms with van der Waals surface area (Å²) in [6.45, 7) is 18.0. The van der Waals surface area contributed by atoms with Crippen molar-refractivity contribution in [3.63, 3.8) is 0 Å². The summed E-state index contributed by atoms with van der Waals surface area (Å²) in [5.74, 6) is 0.635. The fraction of sp³-hybridized carbons (Fsp3) is 0.250. The number of benzene rings is 6. The van der Waals surface area contributed by atoms with Crippen molar-refractivity contribution >= 4 is 11.0 Å². The lowest BCUT2D eigenvalue weighted by molar-refractivity contribution is 0.471. The van der Waals surface area contributed by atoms with E-state index >= 15 is 0 Å². The van der Waals surface area contributed by atoms with Gasteiger partial charge in [-0.1, -0.05) is 153 Å². The maximum atomic E-state index is 12.1. The minimum atomic E-state index is -2.96. The first-order chi connectivity index (χ1) is 32.5. The number of nitrogens with zero attached hydrogens (tertiary/aromatic N) is 3. The number of rotatable bonds is 6. The summed E-state index contributed by atoms with van der Waals surface area (Å²) in [5, 5.41) is 12.1. The van der Waals surface area contributed by atoms with Gasteiger partial charge in [-0.25, -0.2) is 4.98 Å². The number of phenolic OH excluding ortho intramolecular Hbond substituents is 1. The van der Waals surface area contributed by atoms with Crippen LogP contribution in [0.5, 0.6) is 5.75 Å². The summed E-state index contributed by atoms with van der Waals surface area (Å²) in [5.41, 5.74) is 7.76. The second kappa shape index (κ2) is 15.1. The van der Waals surface area contributed by atoms with Crippen molar-refractivity contribution in [3.05, 3.63) is 167 Å². The van der Waals surface area contributed by atoms with Crippen molar-refractivity contribution < 1.29 is 18.8 Å². The van der Waals surface area contributed by atoms with E-state index in [1.165, 1.54) is 0 Å². The highest BCUT2D eigenvalue weighted by atomic mass is 16.3. The van der Waals surface area contributed by atoms with Crippen LogP contribution in [0.3, 0.4) is 0 Å². The Morgan fingerprint density at radius 2 is 1.25 bits per heavy atom. The molecule has 6 aromatic carbocycles. The third-order valence-electron chi connectivity index (χ3n) is 11.1. The number of fused-ring (bicyclic) bond motifs is 1. The van der Waals surface area contributed by atoms with E-state index in [0.29, 0.717) is 33.6 Å². The molecule has 0 aliphatic rings. The van der Waals surface area contributed by atoms with Gasteiger partial charge in [0.15, 0.2) is 0 Å². The number of para-hydroxylation sites is 1. The SMILES string of the molecule is [2H]c1nc(-c2cc(-c3cccc4c3nc(-c3cc(C(C)(C)C)cc(C)c3O)n4-c3ccc(C(C)(C)C)cc3-c3ccccc3)cc(C(C)(C)C)c2)c([2H])c(-c2c([2H])c([2H])c(C([2H])([2H])[2H])c([2H])c2[2H])c1[2H]. The van der Waals surface area contributed by atoms with Crippen molar-refractivity contribution in [2.45, 2.75) is 92.3 Å². The van der Waals surface area contributed by atoms with Crippen molar-refractivity contribution in [2.75, 3.05) is 0 Å². The van der Waals surface area contributed by atoms with Crippen molar-refractivity contribution in [1.82, 2.24) is 14.5 Å². The fourth-order valence-electron chi connectivity index (χ4n) is 7.56. The molecule has 0 spiro atoms. The zero-order chi connectivity index (χ0) is 51.3. The summed E-state index contributed by atoms with van der Waals surface area (Å²) in [6.07, 6.45) is -0.565. The summed E-state index contributed by atoms with van der Waals surface area (Å²) in [6, 6.07) is 28.3. The highest BCUT2D eigenvalue weighted by molar-refractivity contribution is 5.98. The molecule has 8 rings (SSSR count). The van der Waals surface area contributed by atoms with Crippen molar-refractivity contribution in [2.24, 2.45) is 0 Å². The maximum absolute atomic E-state index is 12.1. The average molecular weight is 798 g/mol. The lowest BCUT2D eigenvalue weighted by atomic mass is 9.83. The molecule has 0 bridgehead atoms. The quantitative estimate of drug-likeness (QED) is 0.182. The first-order valence-corrected chi connectivity index (χ1v) is 20.3. The summed E-state index contributed by atoms with van der Waals surface area (Å²) < 4.78 is 88.1. The maximum Gasteiger partial charge on any atom is 0.149 e. The molecule has 0 aliphatic carbocycles. The van der Waals surface area contributed by atoms with E-state index in [9.17, 15) is 6.48 Å². The molecule has 0 atom stereocenters. The van der Waals surface area contributed by atoms with E-state index in [2.05, 4.69) is 81.4 Å². The smallest absolute Gasteiger partial charge is 0.149 e. The highest BCUT2D eigenvalue weighted by Crippen LogP contribution is 2.44. The molecule has 0 radical (unpaired) electrons. The Labute approximate surface area is 370 Å². The molecular formula is C56H57N3O. The summed E-state index contributed by atoms with van der Waals surface area (Å²) >= 11 is 0. The third-order valence-corrected chi connectivity index (χ3v) is 11.1. The van der Waals surface area contributed by atoms with Gasteiger partial charge in [0.1, 0.15) is 11.6 Å². The highest BCUT2D eigenvalue weighted by Gasteiger charge is 2.27. The molecule has 4 heteroatoms. The normalized spacial score (nSPS) is 14.9. The number of hydrogen-bond acceptors (Lipinski definition) is 3. The number of imidazole rings is 1. The van der Waals surface area contributed by atoms with Gasteiger partial charge in [0.05, 0.1) is 37.6 Å². The molecule has 4 nitrogen and oxygen atoms in total. The molecule has 0 aliphatic heterocycles. The van der Waals surface area contributed by atoms with E-state index in [0.717, 1.165) is 44.6 Å². The van der Waals surface area contributed by atoms with Gasteiger partial charge in [-0.15, -0.1) is 0 Å². The predicted molar refractivity (Wildman–Crippen MR) is 253 cm³/mol. The largest absolute Gasteiger partial charge is 0.507 e. The van der Waals surface area contributed by atoms with Crippen molar-refractivity contribution in [3.8, 4) is 67.5 Å². The van der Waals surface area contributed by atoms with Crippen LogP contribution in [0.25, 0.3) is 72.7 Å². The van der Waals surface area contributed by atoms with Crippen LogP contribution in [0, 0.1) is 13.8 Å². The number of aromatic hydroxyl groups is 1. The topological polar surface area (TPSA) is 50.9 Å². The van der Waals surface area contributed by atoms with E-state index in [1.54, 1.807) is 0 Å². The second-order valence-electron chi connectivity index (χ2n) is 18.7. The first-order valence-electron chi connectivity index (χ1n) is 25.3.